The molecular formula is C24H29FN2O. The number of hydrogen-bond acceptors (Lipinski definition) is 2. The zero-order valence-electron chi connectivity index (χ0n) is 16.6. The third kappa shape index (κ3) is 2.85. The van der Waals surface area contributed by atoms with E-state index in [0.29, 0.717) is 11.8 Å². The lowest BCUT2D eigenvalue weighted by Gasteiger charge is -2.48. The fourth-order valence-corrected chi connectivity index (χ4v) is 6.04. The molecule has 0 spiro atoms. The number of aromatic nitrogens is 2. The molecule has 0 aliphatic heterocycles. The summed E-state index contributed by atoms with van der Waals surface area (Å²) in [7, 11) is 0. The maximum absolute atomic E-state index is 13.3. The first-order chi connectivity index (χ1) is 13.6. The molecule has 28 heavy (non-hydrogen) atoms. The van der Waals surface area contributed by atoms with Gasteiger partial charge < -0.3 is 5.11 Å². The van der Waals surface area contributed by atoms with Crippen molar-refractivity contribution in [3.8, 4) is 5.69 Å². The van der Waals surface area contributed by atoms with Crippen LogP contribution in [0.1, 0.15) is 63.1 Å². The molecule has 0 unspecified atom stereocenters. The second-order valence-corrected chi connectivity index (χ2v) is 9.24. The highest BCUT2D eigenvalue weighted by molar-refractivity contribution is 5.61. The van der Waals surface area contributed by atoms with Gasteiger partial charge >= 0.3 is 0 Å². The van der Waals surface area contributed by atoms with Crippen LogP contribution in [-0.2, 0) is 6.42 Å². The van der Waals surface area contributed by atoms with Crippen molar-refractivity contribution in [3.05, 3.63) is 53.1 Å². The maximum atomic E-state index is 13.3. The molecule has 1 N–H and O–H groups in total. The average molecular weight is 381 g/mol. The van der Waals surface area contributed by atoms with Crippen molar-refractivity contribution >= 4 is 6.08 Å². The molecule has 0 bridgehead atoms. The SMILES string of the molecule is C[C@]12Cc3cnn(-c4ccc(F)cc4)c3C=C1CCC[C@@H]2[C@@H](O)C1CCCC1. The lowest BCUT2D eigenvalue weighted by molar-refractivity contribution is -0.0134. The Balaban J connectivity index is 1.50. The summed E-state index contributed by atoms with van der Waals surface area (Å²) in [5.74, 6) is 0.578. The Hall–Kier alpha value is -1.94. The molecule has 5 rings (SSSR count). The van der Waals surface area contributed by atoms with Crippen molar-refractivity contribution in [1.82, 2.24) is 9.78 Å². The van der Waals surface area contributed by atoms with Crippen molar-refractivity contribution < 1.29 is 9.50 Å². The van der Waals surface area contributed by atoms with Crippen LogP contribution in [0.4, 0.5) is 4.39 Å². The number of nitrogens with zero attached hydrogens (tertiary/aromatic N) is 2. The third-order valence-corrected chi connectivity index (χ3v) is 7.63. The van der Waals surface area contributed by atoms with Crippen molar-refractivity contribution in [2.45, 2.75) is 64.4 Å². The van der Waals surface area contributed by atoms with Crippen LogP contribution < -0.4 is 0 Å². The van der Waals surface area contributed by atoms with Gasteiger partial charge in [-0.05, 0) is 91.7 Å². The summed E-state index contributed by atoms with van der Waals surface area (Å²) in [6.07, 6.45) is 13.3. The summed E-state index contributed by atoms with van der Waals surface area (Å²) in [5, 5.41) is 15.9. The van der Waals surface area contributed by atoms with E-state index >= 15 is 0 Å². The molecule has 1 aromatic carbocycles. The van der Waals surface area contributed by atoms with Crippen LogP contribution in [0, 0.1) is 23.1 Å². The number of rotatable bonds is 3. The van der Waals surface area contributed by atoms with E-state index in [0.717, 1.165) is 37.1 Å². The lowest BCUT2D eigenvalue weighted by Crippen LogP contribution is -2.45. The number of fused-ring (bicyclic) bond motifs is 2. The molecule has 3 nitrogen and oxygen atoms in total. The number of hydrogen-bond donors (Lipinski definition) is 1. The molecule has 148 valence electrons. The van der Waals surface area contributed by atoms with Gasteiger partial charge in [0.05, 0.1) is 23.7 Å². The average Bonchev–Trinajstić information content (AvgIpc) is 3.35. The predicted octanol–water partition coefficient (Wildman–Crippen LogP) is 5.31. The summed E-state index contributed by atoms with van der Waals surface area (Å²) in [4.78, 5) is 0. The van der Waals surface area contributed by atoms with E-state index in [1.165, 1.54) is 49.0 Å². The standard InChI is InChI=1S/C24H29FN2O/c1-24-14-17-15-26-27(20-11-9-19(25)10-12-20)22(17)13-18(24)7-4-8-21(24)23(28)16-5-2-3-6-16/h9-13,15-16,21,23,28H,2-8,14H2,1H3/t21-,23+,24+/m1/s1. The Bertz CT molecular complexity index is 894. The van der Waals surface area contributed by atoms with Crippen LogP contribution in [0.3, 0.4) is 0 Å². The summed E-state index contributed by atoms with van der Waals surface area (Å²) in [5.41, 5.74) is 4.72. The Morgan fingerprint density at radius 3 is 2.64 bits per heavy atom. The highest BCUT2D eigenvalue weighted by Crippen LogP contribution is 2.53. The Morgan fingerprint density at radius 2 is 1.89 bits per heavy atom. The van der Waals surface area contributed by atoms with Crippen molar-refractivity contribution in [3.63, 3.8) is 0 Å². The molecule has 0 saturated heterocycles. The van der Waals surface area contributed by atoms with Gasteiger partial charge in [0.1, 0.15) is 5.82 Å². The van der Waals surface area contributed by atoms with E-state index in [1.54, 1.807) is 12.1 Å². The van der Waals surface area contributed by atoms with Crippen LogP contribution in [0.25, 0.3) is 11.8 Å². The van der Waals surface area contributed by atoms with Crippen molar-refractivity contribution in [2.75, 3.05) is 0 Å². The van der Waals surface area contributed by atoms with Crippen molar-refractivity contribution in [2.24, 2.45) is 17.3 Å². The lowest BCUT2D eigenvalue weighted by atomic mass is 9.57. The van der Waals surface area contributed by atoms with Gasteiger partial charge in [0.15, 0.2) is 0 Å². The van der Waals surface area contributed by atoms with Gasteiger partial charge in [0.2, 0.25) is 0 Å². The molecular weight excluding hydrogens is 351 g/mol. The Morgan fingerprint density at radius 1 is 1.14 bits per heavy atom. The van der Waals surface area contributed by atoms with Crippen LogP contribution in [-0.4, -0.2) is 21.0 Å². The monoisotopic (exact) mass is 380 g/mol. The topological polar surface area (TPSA) is 38.0 Å². The van der Waals surface area contributed by atoms with E-state index in [9.17, 15) is 9.50 Å². The molecule has 2 saturated carbocycles. The summed E-state index contributed by atoms with van der Waals surface area (Å²) < 4.78 is 15.2. The maximum Gasteiger partial charge on any atom is 0.123 e. The van der Waals surface area contributed by atoms with E-state index in [2.05, 4.69) is 18.1 Å². The zero-order valence-corrected chi connectivity index (χ0v) is 16.6. The molecule has 3 aliphatic rings. The summed E-state index contributed by atoms with van der Waals surface area (Å²) in [6, 6.07) is 6.53. The normalized spacial score (nSPS) is 28.5. The fourth-order valence-electron chi connectivity index (χ4n) is 6.04. The van der Waals surface area contributed by atoms with Crippen LogP contribution in [0.15, 0.2) is 36.0 Å². The Kier molecular flexibility index (Phi) is 4.42. The van der Waals surface area contributed by atoms with Gasteiger partial charge in [-0.2, -0.15) is 5.10 Å². The van der Waals surface area contributed by atoms with Gasteiger partial charge in [-0.1, -0.05) is 25.3 Å². The molecule has 1 aromatic heterocycles. The second kappa shape index (κ2) is 6.84. The molecule has 0 radical (unpaired) electrons. The first kappa shape index (κ1) is 18.1. The van der Waals surface area contributed by atoms with E-state index in [1.807, 2.05) is 10.9 Å². The molecule has 3 atom stereocenters. The molecule has 3 aliphatic carbocycles. The van der Waals surface area contributed by atoms with E-state index < -0.39 is 0 Å². The molecule has 1 heterocycles. The van der Waals surface area contributed by atoms with Crippen LogP contribution in [0.2, 0.25) is 0 Å². The first-order valence-electron chi connectivity index (χ1n) is 10.8. The smallest absolute Gasteiger partial charge is 0.123 e. The molecule has 0 amide bonds. The number of allylic oxidation sites excluding steroid dienone is 1. The molecule has 2 fully saturated rings. The van der Waals surface area contributed by atoms with E-state index in [-0.39, 0.29) is 17.3 Å². The first-order valence-corrected chi connectivity index (χ1v) is 10.8. The number of aliphatic hydroxyl groups excluding tert-OH is 1. The minimum Gasteiger partial charge on any atom is -0.393 e. The fraction of sp³-hybridized carbons (Fsp3) is 0.542. The van der Waals surface area contributed by atoms with Gasteiger partial charge in [0, 0.05) is 0 Å². The largest absolute Gasteiger partial charge is 0.393 e. The molecule has 2 aromatic rings. The van der Waals surface area contributed by atoms with Gasteiger partial charge in [-0.15, -0.1) is 0 Å². The minimum atomic E-state index is -0.230. The predicted molar refractivity (Wildman–Crippen MR) is 109 cm³/mol. The Labute approximate surface area is 166 Å². The van der Waals surface area contributed by atoms with E-state index in [4.69, 9.17) is 0 Å². The second-order valence-electron chi connectivity index (χ2n) is 9.24. The highest BCUT2D eigenvalue weighted by atomic mass is 19.1. The van der Waals surface area contributed by atoms with Crippen molar-refractivity contribution in [1.29, 1.82) is 0 Å². The summed E-state index contributed by atoms with van der Waals surface area (Å²) in [6.45, 7) is 2.36. The number of benzene rings is 1. The highest BCUT2D eigenvalue weighted by Gasteiger charge is 2.47. The quantitative estimate of drug-likeness (QED) is 0.784. The van der Waals surface area contributed by atoms with Crippen LogP contribution >= 0.6 is 0 Å². The van der Waals surface area contributed by atoms with Gasteiger partial charge in [-0.3, -0.25) is 0 Å². The summed E-state index contributed by atoms with van der Waals surface area (Å²) >= 11 is 0. The number of halogens is 1. The minimum absolute atomic E-state index is 0.0178. The van der Waals surface area contributed by atoms with Gasteiger partial charge in [0.25, 0.3) is 0 Å². The zero-order chi connectivity index (χ0) is 19.3. The van der Waals surface area contributed by atoms with Gasteiger partial charge in [-0.25, -0.2) is 9.07 Å². The number of aliphatic hydroxyl groups is 1. The molecule has 4 heteroatoms. The third-order valence-electron chi connectivity index (χ3n) is 7.63. The van der Waals surface area contributed by atoms with Crippen LogP contribution in [0.5, 0.6) is 0 Å².